The molecule has 1 N–H and O–H groups in total. The Balaban J connectivity index is 2.43. The van der Waals surface area contributed by atoms with Crippen LogP contribution in [-0.4, -0.2) is 50.0 Å². The number of nitrogens with one attached hydrogen (secondary N) is 1. The minimum atomic E-state index is -3.94. The Morgan fingerprint density at radius 2 is 1.67 bits per heavy atom. The summed E-state index contributed by atoms with van der Waals surface area (Å²) < 4.78 is 39.2. The predicted molar refractivity (Wildman–Crippen MR) is 128 cm³/mol. The first-order valence-corrected chi connectivity index (χ1v) is 12.7. The number of sulfonamides is 1. The van der Waals surface area contributed by atoms with Crippen molar-refractivity contribution in [2.24, 2.45) is 0 Å². The van der Waals surface area contributed by atoms with Gasteiger partial charge in [0.05, 0.1) is 22.0 Å². The van der Waals surface area contributed by atoms with E-state index in [0.717, 1.165) is 10.6 Å². The van der Waals surface area contributed by atoms with Gasteiger partial charge in [0.2, 0.25) is 21.8 Å². The third kappa shape index (κ3) is 7.31. The normalized spacial score (nSPS) is 12.4. The molecule has 2 amide bonds. The number of halogens is 3. The Hall–Kier alpha value is -2.36. The maximum atomic E-state index is 13.4. The standard InChI is InChI=1S/C22H26Cl2FN3O4S/c1-14(2)26-22(30)15(3)27(12-16-8-10-17(25)11-9-16)20(29)13-28(33(4,31)32)19-7-5-6-18(23)21(19)24/h5-11,14-15H,12-13H2,1-4H3,(H,26,30)/t15-/m0/s1. The Morgan fingerprint density at radius 1 is 1.06 bits per heavy atom. The van der Waals surface area contributed by atoms with Gasteiger partial charge in [-0.1, -0.05) is 41.4 Å². The molecule has 0 bridgehead atoms. The van der Waals surface area contributed by atoms with Crippen molar-refractivity contribution in [3.05, 3.63) is 63.9 Å². The summed E-state index contributed by atoms with van der Waals surface area (Å²) in [5.74, 6) is -1.50. The topological polar surface area (TPSA) is 86.8 Å². The Bertz CT molecular complexity index is 1110. The molecule has 0 saturated heterocycles. The molecule has 0 heterocycles. The number of carbonyl (C=O) groups excluding carboxylic acids is 2. The number of anilines is 1. The number of nitrogens with zero attached hydrogens (tertiary/aromatic N) is 2. The Kier molecular flexibility index (Phi) is 9.11. The number of rotatable bonds is 9. The average Bonchev–Trinajstić information content (AvgIpc) is 2.72. The molecule has 2 aromatic rings. The zero-order chi connectivity index (χ0) is 24.9. The first kappa shape index (κ1) is 26.9. The Morgan fingerprint density at radius 3 is 2.21 bits per heavy atom. The summed E-state index contributed by atoms with van der Waals surface area (Å²) in [6.07, 6.45) is 0.941. The van der Waals surface area contributed by atoms with Crippen molar-refractivity contribution in [2.45, 2.75) is 39.4 Å². The van der Waals surface area contributed by atoms with Crippen molar-refractivity contribution in [2.75, 3.05) is 17.1 Å². The molecular formula is C22H26Cl2FN3O4S. The van der Waals surface area contributed by atoms with E-state index in [9.17, 15) is 22.4 Å². The highest BCUT2D eigenvalue weighted by Crippen LogP contribution is 2.33. The van der Waals surface area contributed by atoms with Crippen molar-refractivity contribution in [3.63, 3.8) is 0 Å². The third-order valence-electron chi connectivity index (χ3n) is 4.74. The molecule has 2 rings (SSSR count). The van der Waals surface area contributed by atoms with Crippen LogP contribution in [0.5, 0.6) is 0 Å². The smallest absolute Gasteiger partial charge is 0.244 e. The van der Waals surface area contributed by atoms with Crippen LogP contribution >= 0.6 is 23.2 Å². The van der Waals surface area contributed by atoms with E-state index >= 15 is 0 Å². The highest BCUT2D eigenvalue weighted by molar-refractivity contribution is 7.92. The molecule has 0 fully saturated rings. The average molecular weight is 518 g/mol. The van der Waals surface area contributed by atoms with Gasteiger partial charge in [0.15, 0.2) is 0 Å². The molecular weight excluding hydrogens is 492 g/mol. The largest absolute Gasteiger partial charge is 0.352 e. The monoisotopic (exact) mass is 517 g/mol. The lowest BCUT2D eigenvalue weighted by Gasteiger charge is -2.32. The van der Waals surface area contributed by atoms with Gasteiger partial charge in [-0.2, -0.15) is 0 Å². The molecule has 7 nitrogen and oxygen atoms in total. The highest BCUT2D eigenvalue weighted by Gasteiger charge is 2.31. The first-order chi connectivity index (χ1) is 15.3. The van der Waals surface area contributed by atoms with Gasteiger partial charge in [-0.25, -0.2) is 12.8 Å². The summed E-state index contributed by atoms with van der Waals surface area (Å²) in [6, 6.07) is 8.81. The summed E-state index contributed by atoms with van der Waals surface area (Å²) in [6.45, 7) is 4.45. The fourth-order valence-corrected chi connectivity index (χ4v) is 4.36. The molecule has 0 saturated carbocycles. The zero-order valence-electron chi connectivity index (χ0n) is 18.7. The van der Waals surface area contributed by atoms with Crippen molar-refractivity contribution >= 4 is 50.7 Å². The first-order valence-electron chi connectivity index (χ1n) is 10.1. The van der Waals surface area contributed by atoms with Gasteiger partial charge in [0.1, 0.15) is 18.4 Å². The van der Waals surface area contributed by atoms with Gasteiger partial charge in [-0.05, 0) is 50.6 Å². The minimum Gasteiger partial charge on any atom is -0.352 e. The van der Waals surface area contributed by atoms with Gasteiger partial charge in [-0.15, -0.1) is 0 Å². The van der Waals surface area contributed by atoms with Crippen LogP contribution < -0.4 is 9.62 Å². The summed E-state index contributed by atoms with van der Waals surface area (Å²) in [7, 11) is -3.94. The molecule has 0 aromatic heterocycles. The third-order valence-corrected chi connectivity index (χ3v) is 6.68. The lowest BCUT2D eigenvalue weighted by Crippen LogP contribution is -2.52. The molecule has 11 heteroatoms. The second kappa shape index (κ2) is 11.2. The molecule has 0 aliphatic rings. The SMILES string of the molecule is CC(C)NC(=O)[C@H](C)N(Cc1ccc(F)cc1)C(=O)CN(c1cccc(Cl)c1Cl)S(C)(=O)=O. The molecule has 0 aliphatic heterocycles. The van der Waals surface area contributed by atoms with E-state index in [1.165, 1.54) is 54.3 Å². The van der Waals surface area contributed by atoms with Crippen molar-refractivity contribution in [1.82, 2.24) is 10.2 Å². The van der Waals surface area contributed by atoms with Crippen LogP contribution in [0.4, 0.5) is 10.1 Å². The summed E-state index contributed by atoms with van der Waals surface area (Å²) in [5, 5.41) is 2.85. The van der Waals surface area contributed by atoms with E-state index in [1.54, 1.807) is 13.8 Å². The molecule has 33 heavy (non-hydrogen) atoms. The fraction of sp³-hybridized carbons (Fsp3) is 0.364. The second-order valence-electron chi connectivity index (χ2n) is 7.83. The van der Waals surface area contributed by atoms with E-state index in [4.69, 9.17) is 23.2 Å². The van der Waals surface area contributed by atoms with E-state index in [-0.39, 0.29) is 28.3 Å². The van der Waals surface area contributed by atoms with Crippen LogP contribution in [0.15, 0.2) is 42.5 Å². The molecule has 2 aromatic carbocycles. The van der Waals surface area contributed by atoms with Crippen molar-refractivity contribution in [3.8, 4) is 0 Å². The maximum absolute atomic E-state index is 13.4. The van der Waals surface area contributed by atoms with Crippen LogP contribution in [0.1, 0.15) is 26.3 Å². The van der Waals surface area contributed by atoms with E-state index in [0.29, 0.717) is 5.56 Å². The number of hydrogen-bond donors (Lipinski definition) is 1. The molecule has 180 valence electrons. The predicted octanol–water partition coefficient (Wildman–Crippen LogP) is 3.84. The van der Waals surface area contributed by atoms with Gasteiger partial charge >= 0.3 is 0 Å². The van der Waals surface area contributed by atoms with E-state index in [1.807, 2.05) is 0 Å². The summed E-state index contributed by atoms with van der Waals surface area (Å²) in [5.41, 5.74) is 0.613. The molecule has 0 unspecified atom stereocenters. The quantitative estimate of drug-likeness (QED) is 0.547. The summed E-state index contributed by atoms with van der Waals surface area (Å²) >= 11 is 12.2. The number of carbonyl (C=O) groups is 2. The molecule has 0 aliphatic carbocycles. The number of benzene rings is 2. The van der Waals surface area contributed by atoms with Gasteiger partial charge in [0.25, 0.3) is 0 Å². The van der Waals surface area contributed by atoms with Gasteiger partial charge < -0.3 is 10.2 Å². The lowest BCUT2D eigenvalue weighted by atomic mass is 10.1. The molecule has 0 radical (unpaired) electrons. The van der Waals surface area contributed by atoms with Crippen molar-refractivity contribution in [1.29, 1.82) is 0 Å². The molecule has 0 spiro atoms. The van der Waals surface area contributed by atoms with Crippen LogP contribution in [0.25, 0.3) is 0 Å². The summed E-state index contributed by atoms with van der Waals surface area (Å²) in [4.78, 5) is 27.3. The fourth-order valence-electron chi connectivity index (χ4n) is 3.05. The zero-order valence-corrected chi connectivity index (χ0v) is 21.0. The van der Waals surface area contributed by atoms with E-state index < -0.39 is 40.2 Å². The lowest BCUT2D eigenvalue weighted by molar-refractivity contribution is -0.139. The Labute approximate surface area is 203 Å². The van der Waals surface area contributed by atoms with Crippen LogP contribution in [0, 0.1) is 5.82 Å². The minimum absolute atomic E-state index is 0.0203. The number of hydrogen-bond acceptors (Lipinski definition) is 4. The van der Waals surface area contributed by atoms with Crippen molar-refractivity contribution < 1.29 is 22.4 Å². The highest BCUT2D eigenvalue weighted by atomic mass is 35.5. The van der Waals surface area contributed by atoms with Crippen LogP contribution in [0.3, 0.4) is 0 Å². The van der Waals surface area contributed by atoms with Crippen LogP contribution in [-0.2, 0) is 26.2 Å². The number of amides is 2. The van der Waals surface area contributed by atoms with Gasteiger partial charge in [-0.3, -0.25) is 13.9 Å². The second-order valence-corrected chi connectivity index (χ2v) is 10.5. The van der Waals surface area contributed by atoms with Gasteiger partial charge in [0, 0.05) is 12.6 Å². The van der Waals surface area contributed by atoms with Crippen LogP contribution in [0.2, 0.25) is 10.0 Å². The molecule has 1 atom stereocenters. The maximum Gasteiger partial charge on any atom is 0.244 e. The van der Waals surface area contributed by atoms with E-state index in [2.05, 4.69) is 5.32 Å².